The van der Waals surface area contributed by atoms with Crippen LogP contribution in [0.15, 0.2) is 12.3 Å². The van der Waals surface area contributed by atoms with Gasteiger partial charge in [-0.05, 0) is 18.6 Å². The van der Waals surface area contributed by atoms with Gasteiger partial charge in [-0.1, -0.05) is 0 Å². The number of carbonyl (C=O) groups is 1. The van der Waals surface area contributed by atoms with Crippen LogP contribution in [0.2, 0.25) is 0 Å². The topological polar surface area (TPSA) is 80.0 Å². The lowest BCUT2D eigenvalue weighted by atomic mass is 10.2. The molecule has 1 amide bonds. The minimum Gasteiger partial charge on any atom is -0.397 e. The standard InChI is InChI=1S/C10H16N4O/c1-7-5-9(11)6-14-10(7)13-4-3-12-8(2)15/h5-6H,3-4,11H2,1-2H3,(H,12,15)(H,13,14). The molecule has 0 aliphatic heterocycles. The first-order valence-corrected chi connectivity index (χ1v) is 4.80. The molecule has 1 aromatic heterocycles. The largest absolute Gasteiger partial charge is 0.397 e. The molecule has 0 radical (unpaired) electrons. The van der Waals surface area contributed by atoms with E-state index in [9.17, 15) is 4.79 Å². The van der Waals surface area contributed by atoms with Crippen LogP contribution in [0, 0.1) is 6.92 Å². The summed E-state index contributed by atoms with van der Waals surface area (Å²) in [6.45, 7) is 4.66. The number of nitrogens with two attached hydrogens (primary N) is 1. The van der Waals surface area contributed by atoms with Crippen LogP contribution in [0.5, 0.6) is 0 Å². The number of hydrogen-bond acceptors (Lipinski definition) is 4. The zero-order chi connectivity index (χ0) is 11.3. The predicted octanol–water partition coefficient (Wildman–Crippen LogP) is 0.520. The lowest BCUT2D eigenvalue weighted by Crippen LogP contribution is -2.26. The molecule has 0 aliphatic carbocycles. The van der Waals surface area contributed by atoms with Crippen molar-refractivity contribution in [1.29, 1.82) is 0 Å². The quantitative estimate of drug-likeness (QED) is 0.630. The van der Waals surface area contributed by atoms with Crippen LogP contribution in [-0.4, -0.2) is 24.0 Å². The van der Waals surface area contributed by atoms with Crippen LogP contribution in [0.25, 0.3) is 0 Å². The average molecular weight is 208 g/mol. The summed E-state index contributed by atoms with van der Waals surface area (Å²) in [7, 11) is 0. The van der Waals surface area contributed by atoms with Gasteiger partial charge >= 0.3 is 0 Å². The second-order valence-corrected chi connectivity index (χ2v) is 3.34. The molecule has 0 bridgehead atoms. The fourth-order valence-electron chi connectivity index (χ4n) is 1.20. The minimum absolute atomic E-state index is 0.0289. The van der Waals surface area contributed by atoms with Crippen molar-refractivity contribution >= 4 is 17.4 Å². The summed E-state index contributed by atoms with van der Waals surface area (Å²) >= 11 is 0. The number of pyridine rings is 1. The first-order valence-electron chi connectivity index (χ1n) is 4.80. The molecule has 0 fully saturated rings. The van der Waals surface area contributed by atoms with E-state index in [-0.39, 0.29) is 5.91 Å². The van der Waals surface area contributed by atoms with E-state index in [4.69, 9.17) is 5.73 Å². The maximum absolute atomic E-state index is 10.6. The Bertz CT molecular complexity index is 351. The van der Waals surface area contributed by atoms with E-state index in [1.54, 1.807) is 6.20 Å². The highest BCUT2D eigenvalue weighted by Crippen LogP contribution is 2.12. The molecular weight excluding hydrogens is 192 g/mol. The van der Waals surface area contributed by atoms with Crippen molar-refractivity contribution in [3.63, 3.8) is 0 Å². The number of hydrogen-bond donors (Lipinski definition) is 3. The predicted molar refractivity (Wildman–Crippen MR) is 60.6 cm³/mol. The van der Waals surface area contributed by atoms with E-state index in [1.165, 1.54) is 6.92 Å². The summed E-state index contributed by atoms with van der Waals surface area (Å²) < 4.78 is 0. The average Bonchev–Trinajstić information content (AvgIpc) is 2.14. The van der Waals surface area contributed by atoms with Crippen LogP contribution in [0.3, 0.4) is 0 Å². The molecule has 5 nitrogen and oxygen atoms in total. The van der Waals surface area contributed by atoms with Crippen molar-refractivity contribution in [3.05, 3.63) is 17.8 Å². The number of anilines is 2. The molecule has 0 atom stereocenters. The molecule has 15 heavy (non-hydrogen) atoms. The van der Waals surface area contributed by atoms with E-state index in [0.29, 0.717) is 18.8 Å². The van der Waals surface area contributed by atoms with Gasteiger partial charge in [0.1, 0.15) is 5.82 Å². The third kappa shape index (κ3) is 3.84. The molecule has 1 rings (SSSR count). The van der Waals surface area contributed by atoms with Gasteiger partial charge in [-0.15, -0.1) is 0 Å². The van der Waals surface area contributed by atoms with Crippen LogP contribution in [-0.2, 0) is 4.79 Å². The number of nitrogens with zero attached hydrogens (tertiary/aromatic N) is 1. The molecule has 0 saturated carbocycles. The van der Waals surface area contributed by atoms with Gasteiger partial charge in [-0.25, -0.2) is 4.98 Å². The van der Waals surface area contributed by atoms with Crippen molar-refractivity contribution in [2.24, 2.45) is 0 Å². The van der Waals surface area contributed by atoms with Gasteiger partial charge in [0, 0.05) is 20.0 Å². The van der Waals surface area contributed by atoms with Crippen LogP contribution in [0.4, 0.5) is 11.5 Å². The van der Waals surface area contributed by atoms with E-state index < -0.39 is 0 Å². The van der Waals surface area contributed by atoms with Gasteiger partial charge < -0.3 is 16.4 Å². The Morgan fingerprint density at radius 2 is 2.27 bits per heavy atom. The Balaban J connectivity index is 2.40. The second kappa shape index (κ2) is 5.19. The number of rotatable bonds is 4. The van der Waals surface area contributed by atoms with E-state index >= 15 is 0 Å². The lowest BCUT2D eigenvalue weighted by Gasteiger charge is -2.08. The maximum Gasteiger partial charge on any atom is 0.216 e. The Morgan fingerprint density at radius 1 is 1.53 bits per heavy atom. The van der Waals surface area contributed by atoms with Gasteiger partial charge in [0.15, 0.2) is 0 Å². The van der Waals surface area contributed by atoms with Crippen molar-refractivity contribution in [3.8, 4) is 0 Å². The number of nitrogens with one attached hydrogen (secondary N) is 2. The van der Waals surface area contributed by atoms with Gasteiger partial charge in [-0.3, -0.25) is 4.79 Å². The molecule has 0 unspecified atom stereocenters. The fraction of sp³-hybridized carbons (Fsp3) is 0.400. The summed E-state index contributed by atoms with van der Waals surface area (Å²) in [5.74, 6) is 0.772. The smallest absolute Gasteiger partial charge is 0.216 e. The third-order valence-corrected chi connectivity index (χ3v) is 1.89. The zero-order valence-corrected chi connectivity index (χ0v) is 9.00. The molecule has 0 saturated heterocycles. The summed E-state index contributed by atoms with van der Waals surface area (Å²) in [5, 5.41) is 5.81. The summed E-state index contributed by atoms with van der Waals surface area (Å²) in [6.07, 6.45) is 1.60. The van der Waals surface area contributed by atoms with E-state index in [2.05, 4.69) is 15.6 Å². The molecule has 82 valence electrons. The number of nitrogen functional groups attached to an aromatic ring is 1. The SMILES string of the molecule is CC(=O)NCCNc1ncc(N)cc1C. The first-order chi connectivity index (χ1) is 7.09. The summed E-state index contributed by atoms with van der Waals surface area (Å²) in [6, 6.07) is 1.85. The van der Waals surface area contributed by atoms with Gasteiger partial charge in [0.2, 0.25) is 5.91 Å². The maximum atomic E-state index is 10.6. The van der Waals surface area contributed by atoms with E-state index in [0.717, 1.165) is 11.4 Å². The van der Waals surface area contributed by atoms with Gasteiger partial charge in [0.25, 0.3) is 0 Å². The highest BCUT2D eigenvalue weighted by atomic mass is 16.1. The first kappa shape index (κ1) is 11.3. The Morgan fingerprint density at radius 3 is 2.87 bits per heavy atom. The monoisotopic (exact) mass is 208 g/mol. The normalized spacial score (nSPS) is 9.73. The van der Waals surface area contributed by atoms with Crippen LogP contribution in [0.1, 0.15) is 12.5 Å². The van der Waals surface area contributed by atoms with E-state index in [1.807, 2.05) is 13.0 Å². The molecule has 0 aromatic carbocycles. The zero-order valence-electron chi connectivity index (χ0n) is 9.00. The van der Waals surface area contributed by atoms with Crippen molar-refractivity contribution < 1.29 is 4.79 Å². The highest BCUT2D eigenvalue weighted by molar-refractivity contribution is 5.72. The lowest BCUT2D eigenvalue weighted by molar-refractivity contribution is -0.118. The third-order valence-electron chi connectivity index (χ3n) is 1.89. The van der Waals surface area contributed by atoms with Crippen LogP contribution >= 0.6 is 0 Å². The van der Waals surface area contributed by atoms with Crippen molar-refractivity contribution in [2.75, 3.05) is 24.1 Å². The molecule has 0 aliphatic rings. The minimum atomic E-state index is -0.0289. The molecule has 1 heterocycles. The molecule has 0 spiro atoms. The molecular formula is C10H16N4O. The molecule has 1 aromatic rings. The van der Waals surface area contributed by atoms with Crippen molar-refractivity contribution in [1.82, 2.24) is 10.3 Å². The summed E-state index contributed by atoms with van der Waals surface area (Å²) in [5.41, 5.74) is 7.23. The second-order valence-electron chi connectivity index (χ2n) is 3.34. The number of amides is 1. The number of aromatic nitrogens is 1. The van der Waals surface area contributed by atoms with Crippen LogP contribution < -0.4 is 16.4 Å². The fourth-order valence-corrected chi connectivity index (χ4v) is 1.20. The molecule has 4 N–H and O–H groups in total. The van der Waals surface area contributed by atoms with Gasteiger partial charge in [-0.2, -0.15) is 0 Å². The Hall–Kier alpha value is -1.78. The number of carbonyl (C=O) groups excluding carboxylic acids is 1. The van der Waals surface area contributed by atoms with Crippen molar-refractivity contribution in [2.45, 2.75) is 13.8 Å². The van der Waals surface area contributed by atoms with Gasteiger partial charge in [0.05, 0.1) is 11.9 Å². The Labute approximate surface area is 89.1 Å². The highest BCUT2D eigenvalue weighted by Gasteiger charge is 1.99. The Kier molecular flexibility index (Phi) is 3.91. The summed E-state index contributed by atoms with van der Waals surface area (Å²) in [4.78, 5) is 14.7. The molecule has 5 heteroatoms. The number of aryl methyl sites for hydroxylation is 1.